The van der Waals surface area contributed by atoms with Gasteiger partial charge < -0.3 is 4.74 Å². The normalized spacial score (nSPS) is 19.9. The molecule has 1 aromatic carbocycles. The van der Waals surface area contributed by atoms with Crippen molar-refractivity contribution >= 4 is 18.7 Å². The molecule has 1 aliphatic carbocycles. The van der Waals surface area contributed by atoms with Gasteiger partial charge in [0.1, 0.15) is 0 Å². The number of carbonyl (C=O) groups excluding carboxylic acids is 1. The van der Waals surface area contributed by atoms with Gasteiger partial charge in [0.25, 0.3) is 0 Å². The molecule has 141 valence electrons. The molecule has 0 N–H and O–H groups in total. The average molecular weight is 353 g/mol. The summed E-state index contributed by atoms with van der Waals surface area (Å²) in [7, 11) is 3.74. The number of carbonyl (C=O) groups is 1. The van der Waals surface area contributed by atoms with Crippen LogP contribution in [0.2, 0.25) is 6.32 Å². The van der Waals surface area contributed by atoms with Crippen LogP contribution in [0.3, 0.4) is 0 Å². The van der Waals surface area contributed by atoms with Gasteiger partial charge in [-0.1, -0.05) is 82.2 Å². The second-order valence-electron chi connectivity index (χ2n) is 8.41. The van der Waals surface area contributed by atoms with Gasteiger partial charge in [0.2, 0.25) is 0 Å². The Kier molecular flexibility index (Phi) is 7.55. The van der Waals surface area contributed by atoms with E-state index in [-0.39, 0.29) is 5.97 Å². The summed E-state index contributed by atoms with van der Waals surface area (Å²) in [5.41, 5.74) is 4.78. The van der Waals surface area contributed by atoms with Crippen LogP contribution in [0, 0.1) is 5.92 Å². The van der Waals surface area contributed by atoms with Crippen molar-refractivity contribution in [3.05, 3.63) is 41.5 Å². The lowest BCUT2D eigenvalue weighted by atomic mass is 9.69. The second-order valence-corrected chi connectivity index (χ2v) is 8.41. The lowest BCUT2D eigenvalue weighted by molar-refractivity contribution is -0.137. The van der Waals surface area contributed by atoms with Crippen LogP contribution in [0.25, 0.3) is 0 Å². The Labute approximate surface area is 160 Å². The number of rotatable bonds is 3. The molecule has 1 fully saturated rings. The third-order valence-electron chi connectivity index (χ3n) is 5.77. The van der Waals surface area contributed by atoms with E-state index in [0.29, 0.717) is 11.3 Å². The number of esters is 1. The largest absolute Gasteiger partial charge is 0.469 e. The molecule has 26 heavy (non-hydrogen) atoms. The summed E-state index contributed by atoms with van der Waals surface area (Å²) >= 11 is 0. The van der Waals surface area contributed by atoms with Crippen LogP contribution < -0.4 is 5.46 Å². The van der Waals surface area contributed by atoms with Gasteiger partial charge in [-0.3, -0.25) is 4.79 Å². The first-order valence-corrected chi connectivity index (χ1v) is 10.0. The summed E-state index contributed by atoms with van der Waals surface area (Å²) in [6.07, 6.45) is 13.2. The smallest absolute Gasteiger partial charge is 0.302 e. The first-order chi connectivity index (χ1) is 12.3. The van der Waals surface area contributed by atoms with E-state index in [1.807, 2.05) is 0 Å². The number of benzene rings is 1. The zero-order valence-corrected chi connectivity index (χ0v) is 17.2. The number of hydrogen-bond donors (Lipinski definition) is 0. The predicted octanol–water partition coefficient (Wildman–Crippen LogP) is 5.14. The summed E-state index contributed by atoms with van der Waals surface area (Å²) in [6, 6.07) is 7.10. The molecule has 0 saturated heterocycles. The van der Waals surface area contributed by atoms with Crippen LogP contribution >= 0.6 is 0 Å². The summed E-state index contributed by atoms with van der Waals surface area (Å²) < 4.78 is 4.11. The first-order valence-electron chi connectivity index (χ1n) is 10.0. The van der Waals surface area contributed by atoms with Gasteiger partial charge in [-0.2, -0.15) is 0 Å². The maximum Gasteiger partial charge on any atom is 0.302 e. The lowest BCUT2D eigenvalue weighted by Crippen LogP contribution is -2.16. The van der Waals surface area contributed by atoms with Crippen LogP contribution in [0.4, 0.5) is 0 Å². The fraction of sp³-hybridized carbons (Fsp3) is 0.609. The molecule has 1 heterocycles. The van der Waals surface area contributed by atoms with Crippen LogP contribution in [-0.2, 0) is 14.9 Å². The molecule has 0 bridgehead atoms. The molecule has 3 rings (SSSR count). The van der Waals surface area contributed by atoms with Crippen molar-refractivity contribution < 1.29 is 9.53 Å². The van der Waals surface area contributed by atoms with E-state index in [9.17, 15) is 4.79 Å². The molecule has 1 saturated carbocycles. The fourth-order valence-corrected chi connectivity index (χ4v) is 3.86. The van der Waals surface area contributed by atoms with E-state index >= 15 is 0 Å². The quantitative estimate of drug-likeness (QED) is 0.427. The van der Waals surface area contributed by atoms with E-state index < -0.39 is 0 Å². The fourth-order valence-electron chi connectivity index (χ4n) is 3.86. The molecule has 1 aromatic rings. The third kappa shape index (κ3) is 5.76. The zero-order chi connectivity index (χ0) is 19.2. The Morgan fingerprint density at radius 3 is 2.54 bits per heavy atom. The average Bonchev–Trinajstić information content (AvgIpc) is 2.95. The number of allylic oxidation sites excluding steroid dienone is 2. The van der Waals surface area contributed by atoms with E-state index in [2.05, 4.69) is 63.1 Å². The van der Waals surface area contributed by atoms with Gasteiger partial charge in [0.05, 0.1) is 7.11 Å². The SMILES string of the molecule is CC(/C=C/C1CCCCC1)c1ccc2c(c1)C(C)(C)C[B]2.COC(C)=O. The molecular formula is C23H34BO2. The van der Waals surface area contributed by atoms with Crippen LogP contribution in [0.5, 0.6) is 0 Å². The van der Waals surface area contributed by atoms with Crippen molar-refractivity contribution in [2.45, 2.75) is 77.5 Å². The highest BCUT2D eigenvalue weighted by Crippen LogP contribution is 2.33. The van der Waals surface area contributed by atoms with Gasteiger partial charge in [-0.05, 0) is 41.2 Å². The molecule has 1 radical (unpaired) electrons. The Morgan fingerprint density at radius 2 is 1.92 bits per heavy atom. The number of ether oxygens (including phenoxy) is 1. The van der Waals surface area contributed by atoms with E-state index in [0.717, 1.165) is 5.92 Å². The molecular weight excluding hydrogens is 319 g/mol. The Balaban J connectivity index is 0.000000431. The molecule has 0 spiro atoms. The van der Waals surface area contributed by atoms with Crippen LogP contribution in [0.1, 0.15) is 76.8 Å². The molecule has 2 aliphatic rings. The van der Waals surface area contributed by atoms with Crippen LogP contribution in [-0.4, -0.2) is 20.4 Å². The van der Waals surface area contributed by atoms with Gasteiger partial charge in [-0.15, -0.1) is 0 Å². The predicted molar refractivity (Wildman–Crippen MR) is 111 cm³/mol. The van der Waals surface area contributed by atoms with Crippen molar-refractivity contribution in [2.75, 3.05) is 7.11 Å². The van der Waals surface area contributed by atoms with Gasteiger partial charge in [-0.25, -0.2) is 0 Å². The minimum absolute atomic E-state index is 0.245. The molecule has 1 atom stereocenters. The van der Waals surface area contributed by atoms with Crippen molar-refractivity contribution in [1.29, 1.82) is 0 Å². The Hall–Kier alpha value is -1.51. The van der Waals surface area contributed by atoms with Crippen molar-refractivity contribution in [3.63, 3.8) is 0 Å². The maximum atomic E-state index is 9.59. The standard InChI is InChI=1S/C20H28B.C3H6O2/c1-15(9-10-16-7-5-4-6-8-16)17-11-12-19-18(13-17)20(2,3)14-21-19;1-3(4)5-2/h9-13,15-16H,4-8,14H2,1-3H3;1-2H3/b10-9+;. The highest BCUT2D eigenvalue weighted by atomic mass is 16.5. The first kappa shape index (κ1) is 20.8. The maximum absolute atomic E-state index is 9.59. The van der Waals surface area contributed by atoms with Crippen molar-refractivity contribution in [3.8, 4) is 0 Å². The van der Waals surface area contributed by atoms with E-state index in [1.54, 1.807) is 0 Å². The molecule has 1 aliphatic heterocycles. The van der Waals surface area contributed by atoms with Gasteiger partial charge in [0.15, 0.2) is 7.28 Å². The van der Waals surface area contributed by atoms with Crippen molar-refractivity contribution in [1.82, 2.24) is 0 Å². The topological polar surface area (TPSA) is 26.3 Å². The lowest BCUT2D eigenvalue weighted by Gasteiger charge is -2.22. The number of hydrogen-bond acceptors (Lipinski definition) is 2. The molecule has 1 unspecified atom stereocenters. The van der Waals surface area contributed by atoms with Crippen molar-refractivity contribution in [2.24, 2.45) is 5.92 Å². The summed E-state index contributed by atoms with van der Waals surface area (Å²) in [5.74, 6) is 1.12. The van der Waals surface area contributed by atoms with Gasteiger partial charge in [0, 0.05) is 6.92 Å². The molecule has 0 aromatic heterocycles. The minimum Gasteiger partial charge on any atom is -0.469 e. The molecule has 3 heteroatoms. The van der Waals surface area contributed by atoms with E-state index in [4.69, 9.17) is 0 Å². The minimum atomic E-state index is -0.245. The van der Waals surface area contributed by atoms with E-state index in [1.165, 1.54) is 69.0 Å². The number of methoxy groups -OCH3 is 1. The molecule has 0 amide bonds. The summed E-state index contributed by atoms with van der Waals surface area (Å²) in [5, 5.41) is 0. The highest BCUT2D eigenvalue weighted by molar-refractivity contribution is 6.56. The second kappa shape index (κ2) is 9.44. The number of fused-ring (bicyclic) bond motifs is 1. The summed E-state index contributed by atoms with van der Waals surface area (Å²) in [6.45, 7) is 8.43. The highest BCUT2D eigenvalue weighted by Gasteiger charge is 2.30. The Bertz CT molecular complexity index is 627. The van der Waals surface area contributed by atoms with Gasteiger partial charge >= 0.3 is 5.97 Å². The zero-order valence-electron chi connectivity index (χ0n) is 17.2. The Morgan fingerprint density at radius 1 is 1.27 bits per heavy atom. The summed E-state index contributed by atoms with van der Waals surface area (Å²) in [4.78, 5) is 9.59. The van der Waals surface area contributed by atoms with Crippen LogP contribution in [0.15, 0.2) is 30.4 Å². The molecule has 2 nitrogen and oxygen atoms in total. The monoisotopic (exact) mass is 353 g/mol. The third-order valence-corrected chi connectivity index (χ3v) is 5.77.